The molecule has 4 aromatic carbocycles. The average Bonchev–Trinajstić information content (AvgIpc) is 3.72. The van der Waals surface area contributed by atoms with E-state index < -0.39 is 23.3 Å². The largest absolute Gasteiger partial charge is 0.497 e. The van der Waals surface area contributed by atoms with E-state index in [9.17, 15) is 17.6 Å². The number of hydrogen-bond donors (Lipinski definition) is 0. The predicted molar refractivity (Wildman–Crippen MR) is 123 cm³/mol. The van der Waals surface area contributed by atoms with E-state index in [4.69, 9.17) is 14.2 Å². The third-order valence-electron chi connectivity index (χ3n) is 5.92. The first kappa shape index (κ1) is 22.9. The summed E-state index contributed by atoms with van der Waals surface area (Å²) in [5.41, 5.74) is 1.48. The Kier molecular flexibility index (Phi) is 6.17. The second-order valence-corrected chi connectivity index (χ2v) is 8.09. The van der Waals surface area contributed by atoms with Crippen molar-refractivity contribution in [3.05, 3.63) is 107 Å². The molecule has 1 fully saturated rings. The highest BCUT2D eigenvalue weighted by atomic mass is 19.2. The lowest BCUT2D eigenvalue weighted by molar-refractivity contribution is 0.297. The summed E-state index contributed by atoms with van der Waals surface area (Å²) in [5.74, 6) is -2.83. The van der Waals surface area contributed by atoms with Gasteiger partial charge in [-0.05, 0) is 35.4 Å². The summed E-state index contributed by atoms with van der Waals surface area (Å²) < 4.78 is 74.0. The molecule has 7 heteroatoms. The van der Waals surface area contributed by atoms with Gasteiger partial charge in [-0.2, -0.15) is 0 Å². The summed E-state index contributed by atoms with van der Waals surface area (Å²) >= 11 is 0. The van der Waals surface area contributed by atoms with Gasteiger partial charge in [0, 0.05) is 22.3 Å². The van der Waals surface area contributed by atoms with Crippen molar-refractivity contribution in [2.45, 2.75) is 12.7 Å². The molecule has 1 saturated heterocycles. The summed E-state index contributed by atoms with van der Waals surface area (Å²) in [5, 5.41) is 0. The van der Waals surface area contributed by atoms with E-state index in [1.54, 1.807) is 48.5 Å². The second kappa shape index (κ2) is 9.43. The topological polar surface area (TPSA) is 31.0 Å². The molecule has 35 heavy (non-hydrogen) atoms. The Labute approximate surface area is 199 Å². The molecule has 0 aliphatic carbocycles. The SMILES string of the molecule is COc1ccc(-c2ccc(COc3ccc(-c4ccc(C5CO5)c(F)c4F)cc3)c(F)c2F)cc1. The molecule has 0 aromatic heterocycles. The van der Waals surface area contributed by atoms with Gasteiger partial charge >= 0.3 is 0 Å². The molecule has 0 saturated carbocycles. The third-order valence-corrected chi connectivity index (χ3v) is 5.92. The van der Waals surface area contributed by atoms with Gasteiger partial charge in [0.1, 0.15) is 24.2 Å². The molecule has 1 heterocycles. The standard InChI is InChI=1S/C28H20F4O3/c1-33-19-7-2-16(3-8-19)21-11-6-18(25(29)26(21)30)14-34-20-9-4-17(5-10-20)22-12-13-23(24-15-35-24)28(32)27(22)31/h2-13,24H,14-15H2,1H3. The van der Waals surface area contributed by atoms with Crippen LogP contribution in [0.4, 0.5) is 17.6 Å². The summed E-state index contributed by atoms with van der Waals surface area (Å²) in [7, 11) is 1.53. The Morgan fingerprint density at radius 3 is 1.80 bits per heavy atom. The van der Waals surface area contributed by atoms with Crippen molar-refractivity contribution in [3.63, 3.8) is 0 Å². The van der Waals surface area contributed by atoms with E-state index in [1.165, 1.54) is 31.4 Å². The molecule has 1 aliphatic rings. The van der Waals surface area contributed by atoms with Crippen LogP contribution in [-0.4, -0.2) is 13.7 Å². The first-order chi connectivity index (χ1) is 17.0. The maximum Gasteiger partial charge on any atom is 0.167 e. The van der Waals surface area contributed by atoms with Crippen molar-refractivity contribution in [2.75, 3.05) is 13.7 Å². The Bertz CT molecular complexity index is 1360. The molecule has 1 aliphatic heterocycles. The van der Waals surface area contributed by atoms with Gasteiger partial charge in [0.05, 0.1) is 13.7 Å². The van der Waals surface area contributed by atoms with Crippen molar-refractivity contribution in [1.82, 2.24) is 0 Å². The summed E-state index contributed by atoms with van der Waals surface area (Å²) in [6.07, 6.45) is -0.384. The minimum Gasteiger partial charge on any atom is -0.497 e. The highest BCUT2D eigenvalue weighted by molar-refractivity contribution is 5.66. The Morgan fingerprint density at radius 2 is 1.23 bits per heavy atom. The summed E-state index contributed by atoms with van der Waals surface area (Å²) in [6, 6.07) is 18.9. The molecule has 0 N–H and O–H groups in total. The van der Waals surface area contributed by atoms with E-state index in [-0.39, 0.29) is 35.0 Å². The fourth-order valence-electron chi connectivity index (χ4n) is 3.85. The lowest BCUT2D eigenvalue weighted by Crippen LogP contribution is -2.02. The number of methoxy groups -OCH3 is 1. The van der Waals surface area contributed by atoms with Gasteiger partial charge in [0.15, 0.2) is 23.3 Å². The number of hydrogen-bond acceptors (Lipinski definition) is 3. The number of ether oxygens (including phenoxy) is 3. The fourth-order valence-corrected chi connectivity index (χ4v) is 3.85. The summed E-state index contributed by atoms with van der Waals surface area (Å²) in [4.78, 5) is 0. The van der Waals surface area contributed by atoms with Gasteiger partial charge in [0.25, 0.3) is 0 Å². The van der Waals surface area contributed by atoms with Crippen molar-refractivity contribution in [3.8, 4) is 33.8 Å². The van der Waals surface area contributed by atoms with Crippen molar-refractivity contribution in [2.24, 2.45) is 0 Å². The van der Waals surface area contributed by atoms with Crippen LogP contribution in [0.2, 0.25) is 0 Å². The molecule has 0 bridgehead atoms. The van der Waals surface area contributed by atoms with E-state index in [2.05, 4.69) is 0 Å². The molecule has 0 amide bonds. The Balaban J connectivity index is 1.29. The van der Waals surface area contributed by atoms with Crippen molar-refractivity contribution >= 4 is 0 Å². The van der Waals surface area contributed by atoms with Crippen LogP contribution < -0.4 is 9.47 Å². The smallest absolute Gasteiger partial charge is 0.167 e. The molecule has 0 spiro atoms. The van der Waals surface area contributed by atoms with Gasteiger partial charge in [-0.1, -0.05) is 48.5 Å². The Morgan fingerprint density at radius 1 is 0.686 bits per heavy atom. The predicted octanol–water partition coefficient (Wildman–Crippen LogP) is 7.24. The van der Waals surface area contributed by atoms with Gasteiger partial charge < -0.3 is 14.2 Å². The lowest BCUT2D eigenvalue weighted by Gasteiger charge is -2.12. The number of benzene rings is 4. The van der Waals surface area contributed by atoms with Crippen LogP contribution in [-0.2, 0) is 11.3 Å². The highest BCUT2D eigenvalue weighted by Crippen LogP contribution is 2.36. The van der Waals surface area contributed by atoms with Crippen LogP contribution in [0.15, 0.2) is 72.8 Å². The number of epoxide rings is 1. The van der Waals surface area contributed by atoms with Crippen LogP contribution in [0.5, 0.6) is 11.5 Å². The highest BCUT2D eigenvalue weighted by Gasteiger charge is 2.30. The normalized spacial score (nSPS) is 14.6. The third kappa shape index (κ3) is 4.59. The first-order valence-corrected chi connectivity index (χ1v) is 10.9. The first-order valence-electron chi connectivity index (χ1n) is 10.9. The molecular weight excluding hydrogens is 460 g/mol. The maximum atomic E-state index is 14.7. The number of halogens is 4. The van der Waals surface area contributed by atoms with Crippen molar-refractivity contribution in [1.29, 1.82) is 0 Å². The zero-order valence-electron chi connectivity index (χ0n) is 18.7. The lowest BCUT2D eigenvalue weighted by atomic mass is 10.0. The minimum atomic E-state index is -0.993. The van der Waals surface area contributed by atoms with E-state index in [0.717, 1.165) is 0 Å². The van der Waals surface area contributed by atoms with Gasteiger partial charge in [-0.3, -0.25) is 0 Å². The van der Waals surface area contributed by atoms with Crippen LogP contribution >= 0.6 is 0 Å². The van der Waals surface area contributed by atoms with Crippen LogP contribution in [0, 0.1) is 23.3 Å². The van der Waals surface area contributed by atoms with Crippen LogP contribution in [0.3, 0.4) is 0 Å². The monoisotopic (exact) mass is 480 g/mol. The van der Waals surface area contributed by atoms with Crippen molar-refractivity contribution < 1.29 is 31.8 Å². The van der Waals surface area contributed by atoms with Crippen LogP contribution in [0.25, 0.3) is 22.3 Å². The van der Waals surface area contributed by atoms with Gasteiger partial charge in [0.2, 0.25) is 0 Å². The second-order valence-electron chi connectivity index (χ2n) is 8.09. The molecule has 1 atom stereocenters. The molecule has 3 nitrogen and oxygen atoms in total. The zero-order chi connectivity index (χ0) is 24.5. The maximum absolute atomic E-state index is 14.7. The molecule has 178 valence electrons. The zero-order valence-corrected chi connectivity index (χ0v) is 18.7. The van der Waals surface area contributed by atoms with Gasteiger partial charge in [-0.25, -0.2) is 17.6 Å². The molecule has 1 unspecified atom stereocenters. The Hall–Kier alpha value is -3.84. The molecule has 4 aromatic rings. The molecule has 5 rings (SSSR count). The quantitative estimate of drug-likeness (QED) is 0.206. The molecular formula is C28H20F4O3. The number of rotatable bonds is 7. The van der Waals surface area contributed by atoms with E-state index in [0.29, 0.717) is 29.2 Å². The van der Waals surface area contributed by atoms with Gasteiger partial charge in [-0.15, -0.1) is 0 Å². The van der Waals surface area contributed by atoms with Crippen LogP contribution in [0.1, 0.15) is 17.2 Å². The average molecular weight is 480 g/mol. The van der Waals surface area contributed by atoms with E-state index in [1.807, 2.05) is 0 Å². The fraction of sp³-hybridized carbons (Fsp3) is 0.143. The molecule has 0 radical (unpaired) electrons. The summed E-state index contributed by atoms with van der Waals surface area (Å²) in [6.45, 7) is 0.181. The minimum absolute atomic E-state index is 0.0508. The van der Waals surface area contributed by atoms with E-state index >= 15 is 0 Å².